The highest BCUT2D eigenvalue weighted by molar-refractivity contribution is 6.19. The number of hydrogen-bond donors (Lipinski definition) is 1. The van der Waals surface area contributed by atoms with Gasteiger partial charge in [-0.2, -0.15) is 0 Å². The Hall–Kier alpha value is -4.13. The highest BCUT2D eigenvalue weighted by Crippen LogP contribution is 2.30. The molecule has 0 fully saturated rings. The van der Waals surface area contributed by atoms with Crippen LogP contribution in [0, 0.1) is 0 Å². The number of ketones is 2. The summed E-state index contributed by atoms with van der Waals surface area (Å²) in [5.74, 6) is -0.399. The SMILES string of the molecule is C=CC(C1=CC(=O)C(OC)=CC1=O)c1ccc(OC)cc1.CCCCOC(=O)c1ccc(N)cc1. The summed E-state index contributed by atoms with van der Waals surface area (Å²) in [6.45, 7) is 6.30. The third-order valence-electron chi connectivity index (χ3n) is 5.22. The van der Waals surface area contributed by atoms with Crippen molar-refractivity contribution in [2.45, 2.75) is 25.7 Å². The van der Waals surface area contributed by atoms with Crippen molar-refractivity contribution in [3.05, 3.63) is 95.8 Å². The molecule has 7 nitrogen and oxygen atoms in total. The Morgan fingerprint density at radius 2 is 1.63 bits per heavy atom. The van der Waals surface area contributed by atoms with Crippen molar-refractivity contribution in [1.82, 2.24) is 0 Å². The summed E-state index contributed by atoms with van der Waals surface area (Å²) in [5.41, 5.74) is 7.95. The van der Waals surface area contributed by atoms with Crippen LogP contribution in [0.3, 0.4) is 0 Å². The van der Waals surface area contributed by atoms with Crippen molar-refractivity contribution in [1.29, 1.82) is 0 Å². The quantitative estimate of drug-likeness (QED) is 0.182. The van der Waals surface area contributed by atoms with E-state index in [1.807, 2.05) is 12.1 Å². The van der Waals surface area contributed by atoms with Crippen molar-refractivity contribution in [2.75, 3.05) is 26.6 Å². The van der Waals surface area contributed by atoms with Gasteiger partial charge in [0, 0.05) is 23.3 Å². The van der Waals surface area contributed by atoms with Crippen molar-refractivity contribution < 1.29 is 28.6 Å². The highest BCUT2D eigenvalue weighted by Gasteiger charge is 2.26. The van der Waals surface area contributed by atoms with Gasteiger partial charge in [0.15, 0.2) is 11.5 Å². The Labute approximate surface area is 205 Å². The summed E-state index contributed by atoms with van der Waals surface area (Å²) >= 11 is 0. The summed E-state index contributed by atoms with van der Waals surface area (Å²) in [7, 11) is 2.95. The van der Waals surface area contributed by atoms with E-state index in [2.05, 4.69) is 13.5 Å². The average molecular weight is 478 g/mol. The summed E-state index contributed by atoms with van der Waals surface area (Å²) in [6, 6.07) is 14.0. The molecule has 0 heterocycles. The van der Waals surface area contributed by atoms with E-state index in [-0.39, 0.29) is 29.2 Å². The van der Waals surface area contributed by atoms with Crippen LogP contribution < -0.4 is 10.5 Å². The first-order valence-corrected chi connectivity index (χ1v) is 11.2. The number of carbonyl (C=O) groups excluding carboxylic acids is 3. The number of anilines is 1. The highest BCUT2D eigenvalue weighted by atomic mass is 16.5. The lowest BCUT2D eigenvalue weighted by atomic mass is 9.85. The molecule has 2 aromatic carbocycles. The summed E-state index contributed by atoms with van der Waals surface area (Å²) in [6.07, 6.45) is 6.11. The van der Waals surface area contributed by atoms with Gasteiger partial charge in [-0.1, -0.05) is 31.6 Å². The number of ether oxygens (including phenoxy) is 3. The summed E-state index contributed by atoms with van der Waals surface area (Å²) in [4.78, 5) is 35.4. The third-order valence-corrected chi connectivity index (χ3v) is 5.22. The number of nitrogens with two attached hydrogens (primary N) is 1. The van der Waals surface area contributed by atoms with Crippen molar-refractivity contribution >= 4 is 23.2 Å². The minimum atomic E-state index is -0.345. The predicted molar refractivity (Wildman–Crippen MR) is 135 cm³/mol. The van der Waals surface area contributed by atoms with Gasteiger partial charge in [0.1, 0.15) is 5.75 Å². The zero-order valence-corrected chi connectivity index (χ0v) is 20.3. The van der Waals surface area contributed by atoms with E-state index in [1.165, 1.54) is 19.3 Å². The molecule has 1 aliphatic carbocycles. The maximum Gasteiger partial charge on any atom is 0.338 e. The molecule has 0 spiro atoms. The van der Waals surface area contributed by atoms with Crippen LogP contribution in [0.5, 0.6) is 5.75 Å². The lowest BCUT2D eigenvalue weighted by molar-refractivity contribution is -0.117. The predicted octanol–water partition coefficient (Wildman–Crippen LogP) is 4.80. The fourth-order valence-corrected chi connectivity index (χ4v) is 3.23. The Morgan fingerprint density at radius 3 is 2.17 bits per heavy atom. The lowest BCUT2D eigenvalue weighted by Crippen LogP contribution is -2.18. The van der Waals surface area contributed by atoms with Gasteiger partial charge in [0.05, 0.1) is 26.4 Å². The number of unbranched alkanes of at least 4 members (excludes halogenated alkanes) is 1. The molecule has 1 aliphatic rings. The van der Waals surface area contributed by atoms with Gasteiger partial charge in [-0.3, -0.25) is 9.59 Å². The van der Waals surface area contributed by atoms with Gasteiger partial charge in [-0.05, 0) is 54.5 Å². The van der Waals surface area contributed by atoms with E-state index in [0.29, 0.717) is 23.4 Å². The monoisotopic (exact) mass is 477 g/mol. The van der Waals surface area contributed by atoms with Crippen LogP contribution in [0.4, 0.5) is 5.69 Å². The zero-order valence-electron chi connectivity index (χ0n) is 20.3. The van der Waals surface area contributed by atoms with Crippen LogP contribution in [0.2, 0.25) is 0 Å². The van der Waals surface area contributed by atoms with Crippen LogP contribution in [0.1, 0.15) is 41.6 Å². The molecule has 0 aromatic heterocycles. The maximum absolute atomic E-state index is 12.2. The van der Waals surface area contributed by atoms with Crippen LogP contribution in [-0.4, -0.2) is 38.4 Å². The standard InChI is InChI=1S/C17H16O4.C11H15NO2/c1-4-13(11-5-7-12(20-2)8-6-11)14-9-16(19)17(21-3)10-15(14)18;1-2-3-8-14-11(13)9-4-6-10(12)7-5-9/h4-10,13H,1H2,2-3H3;4-7H,2-3,8,12H2,1H3. The van der Waals surface area contributed by atoms with Gasteiger partial charge >= 0.3 is 5.97 Å². The number of carbonyl (C=O) groups is 3. The first-order chi connectivity index (χ1) is 16.8. The fourth-order valence-electron chi connectivity index (χ4n) is 3.23. The molecule has 0 saturated heterocycles. The Kier molecular flexibility index (Phi) is 10.5. The number of hydrogen-bond acceptors (Lipinski definition) is 7. The van der Waals surface area contributed by atoms with Crippen LogP contribution in [0.25, 0.3) is 0 Å². The smallest absolute Gasteiger partial charge is 0.338 e. The van der Waals surface area contributed by atoms with Gasteiger partial charge in [0.25, 0.3) is 0 Å². The molecule has 0 radical (unpaired) electrons. The summed E-state index contributed by atoms with van der Waals surface area (Å²) in [5, 5.41) is 0. The molecular weight excluding hydrogens is 446 g/mol. The van der Waals surface area contributed by atoms with Crippen molar-refractivity contribution in [3.8, 4) is 5.75 Å². The van der Waals surface area contributed by atoms with Gasteiger partial charge in [0.2, 0.25) is 5.78 Å². The minimum absolute atomic E-state index is 0.0568. The number of nitrogen functional groups attached to an aromatic ring is 1. The van der Waals surface area contributed by atoms with Crippen LogP contribution in [0.15, 0.2) is 84.7 Å². The van der Waals surface area contributed by atoms with Crippen molar-refractivity contribution in [2.24, 2.45) is 0 Å². The normalized spacial score (nSPS) is 13.5. The molecule has 35 heavy (non-hydrogen) atoms. The van der Waals surface area contributed by atoms with Crippen LogP contribution >= 0.6 is 0 Å². The molecule has 1 atom stereocenters. The van der Waals surface area contributed by atoms with E-state index in [9.17, 15) is 14.4 Å². The van der Waals surface area contributed by atoms with Gasteiger partial charge < -0.3 is 19.9 Å². The summed E-state index contributed by atoms with van der Waals surface area (Å²) < 4.78 is 15.0. The second-order valence-electron chi connectivity index (χ2n) is 7.64. The third kappa shape index (κ3) is 7.71. The maximum atomic E-state index is 12.2. The minimum Gasteiger partial charge on any atom is -0.497 e. The Morgan fingerprint density at radius 1 is 0.971 bits per heavy atom. The second-order valence-corrected chi connectivity index (χ2v) is 7.64. The van der Waals surface area contributed by atoms with E-state index in [1.54, 1.807) is 49.6 Å². The molecule has 0 bridgehead atoms. The zero-order chi connectivity index (χ0) is 25.8. The molecule has 2 aromatic rings. The number of rotatable bonds is 9. The molecule has 0 aliphatic heterocycles. The van der Waals surface area contributed by atoms with Crippen LogP contribution in [-0.2, 0) is 19.1 Å². The first-order valence-electron chi connectivity index (χ1n) is 11.2. The Bertz CT molecular complexity index is 1100. The molecule has 7 heteroatoms. The number of benzene rings is 2. The molecule has 3 rings (SSSR count). The average Bonchev–Trinajstić information content (AvgIpc) is 2.87. The largest absolute Gasteiger partial charge is 0.497 e. The number of esters is 1. The molecule has 2 N–H and O–H groups in total. The second kappa shape index (κ2) is 13.5. The topological polar surface area (TPSA) is 105 Å². The van der Waals surface area contributed by atoms with E-state index >= 15 is 0 Å². The molecule has 184 valence electrons. The molecular formula is C28H31NO6. The fraction of sp³-hybridized carbons (Fsp3) is 0.250. The number of methoxy groups -OCH3 is 2. The molecule has 0 amide bonds. The van der Waals surface area contributed by atoms with Gasteiger partial charge in [-0.25, -0.2) is 4.79 Å². The van der Waals surface area contributed by atoms with Crippen molar-refractivity contribution in [3.63, 3.8) is 0 Å². The lowest BCUT2D eigenvalue weighted by Gasteiger charge is -2.18. The Balaban J connectivity index is 0.000000269. The molecule has 1 unspecified atom stereocenters. The molecule has 0 saturated carbocycles. The number of allylic oxidation sites excluding steroid dienone is 4. The first kappa shape index (κ1) is 27.1. The van der Waals surface area contributed by atoms with E-state index < -0.39 is 0 Å². The van der Waals surface area contributed by atoms with Gasteiger partial charge in [-0.15, -0.1) is 6.58 Å². The van der Waals surface area contributed by atoms with E-state index in [0.717, 1.165) is 24.2 Å². The van der Waals surface area contributed by atoms with E-state index in [4.69, 9.17) is 19.9 Å².